The van der Waals surface area contributed by atoms with E-state index in [4.69, 9.17) is 17.3 Å². The smallest absolute Gasteiger partial charge is 0.0406 e. The van der Waals surface area contributed by atoms with E-state index in [1.54, 1.807) is 0 Å². The Bertz CT molecular complexity index is 371. The first-order chi connectivity index (χ1) is 9.78. The van der Waals surface area contributed by atoms with Gasteiger partial charge in [-0.3, -0.25) is 4.90 Å². The molecule has 1 aromatic carbocycles. The predicted octanol–water partition coefficient (Wildman–Crippen LogP) is 4.07. The van der Waals surface area contributed by atoms with Crippen LogP contribution in [-0.4, -0.2) is 24.5 Å². The Kier molecular flexibility index (Phi) is 6.85. The Morgan fingerprint density at radius 3 is 2.45 bits per heavy atom. The van der Waals surface area contributed by atoms with Crippen molar-refractivity contribution >= 4 is 11.6 Å². The van der Waals surface area contributed by atoms with Gasteiger partial charge in [0.1, 0.15) is 0 Å². The molecule has 0 saturated heterocycles. The highest BCUT2D eigenvalue weighted by Crippen LogP contribution is 2.25. The molecule has 0 aromatic heterocycles. The summed E-state index contributed by atoms with van der Waals surface area (Å²) in [6.45, 7) is 4.13. The lowest BCUT2D eigenvalue weighted by Crippen LogP contribution is -2.32. The molecule has 2 N–H and O–H groups in total. The van der Waals surface area contributed by atoms with Crippen molar-refractivity contribution in [1.82, 2.24) is 4.90 Å². The largest absolute Gasteiger partial charge is 0.330 e. The summed E-state index contributed by atoms with van der Waals surface area (Å²) in [5, 5.41) is 0.814. The molecule has 0 unspecified atom stereocenters. The summed E-state index contributed by atoms with van der Waals surface area (Å²) in [5.74, 6) is 0.883. The van der Waals surface area contributed by atoms with Crippen LogP contribution in [0.2, 0.25) is 5.02 Å². The van der Waals surface area contributed by atoms with Gasteiger partial charge in [0.15, 0.2) is 0 Å². The number of nitrogens with zero attached hydrogens (tertiary/aromatic N) is 1. The number of hydrogen-bond donors (Lipinski definition) is 1. The van der Waals surface area contributed by atoms with Gasteiger partial charge in [-0.05, 0) is 56.0 Å². The van der Waals surface area contributed by atoms with E-state index in [1.807, 2.05) is 12.1 Å². The Hall–Kier alpha value is -0.570. The molecule has 20 heavy (non-hydrogen) atoms. The van der Waals surface area contributed by atoms with Gasteiger partial charge in [-0.25, -0.2) is 0 Å². The van der Waals surface area contributed by atoms with E-state index in [2.05, 4.69) is 17.0 Å². The van der Waals surface area contributed by atoms with Gasteiger partial charge in [-0.1, -0.05) is 43.0 Å². The fourth-order valence-electron chi connectivity index (χ4n) is 3.13. The molecule has 1 aliphatic rings. The molecule has 0 amide bonds. The second-order valence-corrected chi connectivity index (χ2v) is 6.44. The average molecular weight is 295 g/mol. The zero-order valence-corrected chi connectivity index (χ0v) is 13.1. The van der Waals surface area contributed by atoms with Crippen molar-refractivity contribution in [1.29, 1.82) is 0 Å². The molecular formula is C17H27ClN2. The van der Waals surface area contributed by atoms with Crippen molar-refractivity contribution in [2.24, 2.45) is 11.7 Å². The molecule has 0 aliphatic heterocycles. The summed E-state index contributed by atoms with van der Waals surface area (Å²) in [6, 6.07) is 8.24. The molecule has 0 atom stereocenters. The second kappa shape index (κ2) is 8.66. The molecule has 2 rings (SSSR count). The van der Waals surface area contributed by atoms with Crippen LogP contribution in [0.1, 0.15) is 44.1 Å². The van der Waals surface area contributed by atoms with Crippen LogP contribution in [0.25, 0.3) is 0 Å². The Morgan fingerprint density at radius 1 is 1.10 bits per heavy atom. The lowest BCUT2D eigenvalue weighted by atomic mass is 9.89. The number of hydrogen-bond acceptors (Lipinski definition) is 2. The first-order valence-electron chi connectivity index (χ1n) is 7.95. The Morgan fingerprint density at radius 2 is 1.80 bits per heavy atom. The quantitative estimate of drug-likeness (QED) is 0.821. The molecule has 3 heteroatoms. The fourth-order valence-corrected chi connectivity index (χ4v) is 3.26. The van der Waals surface area contributed by atoms with Crippen LogP contribution in [0, 0.1) is 5.92 Å². The van der Waals surface area contributed by atoms with E-state index in [1.165, 1.54) is 44.2 Å². The third-order valence-corrected chi connectivity index (χ3v) is 4.49. The number of nitrogens with two attached hydrogens (primary N) is 1. The molecule has 0 spiro atoms. The van der Waals surface area contributed by atoms with Crippen LogP contribution < -0.4 is 5.73 Å². The van der Waals surface area contributed by atoms with E-state index in [0.717, 1.165) is 37.0 Å². The maximum Gasteiger partial charge on any atom is 0.0406 e. The molecule has 112 valence electrons. The molecule has 0 bridgehead atoms. The summed E-state index contributed by atoms with van der Waals surface area (Å²) in [5.41, 5.74) is 7.03. The van der Waals surface area contributed by atoms with Crippen LogP contribution in [0.4, 0.5) is 0 Å². The Labute approximate surface area is 128 Å². The van der Waals surface area contributed by atoms with Crippen LogP contribution in [0.5, 0.6) is 0 Å². The van der Waals surface area contributed by atoms with Gasteiger partial charge in [-0.15, -0.1) is 0 Å². The maximum atomic E-state index is 5.96. The zero-order chi connectivity index (χ0) is 14.2. The van der Waals surface area contributed by atoms with E-state index in [9.17, 15) is 0 Å². The lowest BCUT2D eigenvalue weighted by molar-refractivity contribution is 0.193. The molecule has 0 radical (unpaired) electrons. The van der Waals surface area contributed by atoms with Crippen molar-refractivity contribution in [3.8, 4) is 0 Å². The highest BCUT2D eigenvalue weighted by molar-refractivity contribution is 6.30. The molecule has 0 heterocycles. The van der Waals surface area contributed by atoms with E-state index >= 15 is 0 Å². The normalized spacial score (nSPS) is 16.8. The topological polar surface area (TPSA) is 29.3 Å². The van der Waals surface area contributed by atoms with Crippen molar-refractivity contribution in [2.75, 3.05) is 19.6 Å². The molecule has 1 aliphatic carbocycles. The van der Waals surface area contributed by atoms with Crippen molar-refractivity contribution in [3.63, 3.8) is 0 Å². The molecule has 1 aromatic rings. The van der Waals surface area contributed by atoms with Crippen LogP contribution >= 0.6 is 11.6 Å². The van der Waals surface area contributed by atoms with Crippen molar-refractivity contribution < 1.29 is 0 Å². The van der Waals surface area contributed by atoms with Gasteiger partial charge in [0.05, 0.1) is 0 Å². The average Bonchev–Trinajstić information content (AvgIpc) is 2.48. The summed E-state index contributed by atoms with van der Waals surface area (Å²) in [4.78, 5) is 2.58. The summed E-state index contributed by atoms with van der Waals surface area (Å²) >= 11 is 5.96. The minimum atomic E-state index is 0.780. The number of halogens is 1. The van der Waals surface area contributed by atoms with Crippen LogP contribution in [0.3, 0.4) is 0 Å². The third-order valence-electron chi connectivity index (χ3n) is 4.24. The standard InChI is InChI=1S/C17H27ClN2/c18-17-9-7-16(8-10-17)14-20(12-4-11-19)13-15-5-2-1-3-6-15/h7-10,15H,1-6,11-14,19H2. The van der Waals surface area contributed by atoms with E-state index in [0.29, 0.717) is 0 Å². The number of rotatable bonds is 7. The first-order valence-corrected chi connectivity index (χ1v) is 8.32. The highest BCUT2D eigenvalue weighted by atomic mass is 35.5. The van der Waals surface area contributed by atoms with Gasteiger partial charge >= 0.3 is 0 Å². The maximum absolute atomic E-state index is 5.96. The Balaban J connectivity index is 1.89. The van der Waals surface area contributed by atoms with Gasteiger partial charge in [-0.2, -0.15) is 0 Å². The minimum absolute atomic E-state index is 0.780. The SMILES string of the molecule is NCCCN(Cc1ccc(Cl)cc1)CC1CCCCC1. The molecule has 2 nitrogen and oxygen atoms in total. The van der Waals surface area contributed by atoms with Gasteiger partial charge in [0.2, 0.25) is 0 Å². The summed E-state index contributed by atoms with van der Waals surface area (Å²) in [6.07, 6.45) is 8.14. The zero-order valence-electron chi connectivity index (χ0n) is 12.4. The monoisotopic (exact) mass is 294 g/mol. The van der Waals surface area contributed by atoms with Crippen LogP contribution in [0.15, 0.2) is 24.3 Å². The summed E-state index contributed by atoms with van der Waals surface area (Å²) < 4.78 is 0. The third kappa shape index (κ3) is 5.43. The molecule has 1 fully saturated rings. The van der Waals surface area contributed by atoms with E-state index in [-0.39, 0.29) is 0 Å². The van der Waals surface area contributed by atoms with E-state index < -0.39 is 0 Å². The first kappa shape index (κ1) is 15.8. The number of benzene rings is 1. The van der Waals surface area contributed by atoms with Gasteiger partial charge in [0, 0.05) is 18.1 Å². The summed E-state index contributed by atoms with van der Waals surface area (Å²) in [7, 11) is 0. The van der Waals surface area contributed by atoms with Crippen molar-refractivity contribution in [2.45, 2.75) is 45.1 Å². The molecular weight excluding hydrogens is 268 g/mol. The lowest BCUT2D eigenvalue weighted by Gasteiger charge is -2.29. The fraction of sp³-hybridized carbons (Fsp3) is 0.647. The second-order valence-electron chi connectivity index (χ2n) is 6.01. The van der Waals surface area contributed by atoms with Gasteiger partial charge < -0.3 is 5.73 Å². The van der Waals surface area contributed by atoms with Gasteiger partial charge in [0.25, 0.3) is 0 Å². The highest BCUT2D eigenvalue weighted by Gasteiger charge is 2.17. The predicted molar refractivity (Wildman–Crippen MR) is 87.0 cm³/mol. The van der Waals surface area contributed by atoms with Crippen LogP contribution in [-0.2, 0) is 6.54 Å². The van der Waals surface area contributed by atoms with Crippen molar-refractivity contribution in [3.05, 3.63) is 34.9 Å². The molecule has 1 saturated carbocycles. The minimum Gasteiger partial charge on any atom is -0.330 e.